The summed E-state index contributed by atoms with van der Waals surface area (Å²) in [5, 5.41) is 0. The first-order valence-electron chi connectivity index (χ1n) is 10.6. The average Bonchev–Trinajstić information content (AvgIpc) is 2.66. The number of para-hydroxylation sites is 1. The van der Waals surface area contributed by atoms with Crippen LogP contribution in [-0.4, -0.2) is 29.5 Å². The molecule has 2 nitrogen and oxygen atoms in total. The quantitative estimate of drug-likeness (QED) is 0.314. The van der Waals surface area contributed by atoms with Gasteiger partial charge in [0.15, 0.2) is 0 Å². The minimum atomic E-state index is -2.21. The third kappa shape index (κ3) is 8.81. The Morgan fingerprint density at radius 2 is 1.40 bits per heavy atom. The molecule has 144 valence electrons. The Morgan fingerprint density at radius 1 is 0.840 bits per heavy atom. The standard InChI is InChI=1S/C10H14NO.3C4H9.Sn/c1-12-10-7-3-2-5-9(10)6-4-8-11;3*1-3-4-2;/h2-3,5,7H,1,4,6,8,11H2;3*1,3-4H2,2H3;. The van der Waals surface area contributed by atoms with Crippen LogP contribution in [0.15, 0.2) is 24.3 Å². The summed E-state index contributed by atoms with van der Waals surface area (Å²) in [6, 6.07) is 8.62. The zero-order valence-corrected chi connectivity index (χ0v) is 19.8. The zero-order valence-electron chi connectivity index (χ0n) is 17.0. The van der Waals surface area contributed by atoms with Gasteiger partial charge in [0.05, 0.1) is 0 Å². The molecule has 25 heavy (non-hydrogen) atoms. The molecule has 3 heteroatoms. The molecule has 0 heterocycles. The van der Waals surface area contributed by atoms with E-state index >= 15 is 0 Å². The van der Waals surface area contributed by atoms with Crippen LogP contribution < -0.4 is 10.5 Å². The van der Waals surface area contributed by atoms with Crippen LogP contribution in [-0.2, 0) is 6.42 Å². The van der Waals surface area contributed by atoms with Gasteiger partial charge in [-0.1, -0.05) is 0 Å². The van der Waals surface area contributed by atoms with Gasteiger partial charge in [0.2, 0.25) is 0 Å². The van der Waals surface area contributed by atoms with Crippen molar-refractivity contribution in [1.82, 2.24) is 0 Å². The van der Waals surface area contributed by atoms with Crippen LogP contribution >= 0.6 is 0 Å². The maximum atomic E-state index is 6.54. The maximum absolute atomic E-state index is 6.54. The molecule has 0 atom stereocenters. The Labute approximate surface area is 160 Å². The Morgan fingerprint density at radius 3 is 1.92 bits per heavy atom. The molecule has 0 aliphatic carbocycles. The topological polar surface area (TPSA) is 35.2 Å². The van der Waals surface area contributed by atoms with E-state index in [2.05, 4.69) is 45.0 Å². The summed E-state index contributed by atoms with van der Waals surface area (Å²) in [7, 11) is 0. The fraction of sp³-hybridized carbons (Fsp3) is 0.727. The molecule has 0 aromatic heterocycles. The number of rotatable bonds is 15. The van der Waals surface area contributed by atoms with Crippen LogP contribution in [0.5, 0.6) is 5.75 Å². The number of benzene rings is 1. The van der Waals surface area contributed by atoms with Crippen LogP contribution in [0.3, 0.4) is 0 Å². The number of aryl methyl sites for hydroxylation is 1. The summed E-state index contributed by atoms with van der Waals surface area (Å²) < 4.78 is 12.2. The van der Waals surface area contributed by atoms with Gasteiger partial charge in [0.1, 0.15) is 0 Å². The van der Waals surface area contributed by atoms with E-state index in [4.69, 9.17) is 10.5 Å². The molecule has 0 spiro atoms. The minimum absolute atomic E-state index is 0.751. The molecule has 0 saturated heterocycles. The van der Waals surface area contributed by atoms with Gasteiger partial charge < -0.3 is 0 Å². The van der Waals surface area contributed by atoms with Gasteiger partial charge in [0.25, 0.3) is 0 Å². The van der Waals surface area contributed by atoms with Crippen molar-refractivity contribution in [2.24, 2.45) is 5.73 Å². The second-order valence-electron chi connectivity index (χ2n) is 7.60. The number of hydrogen-bond donors (Lipinski definition) is 1. The summed E-state index contributed by atoms with van der Waals surface area (Å²) in [6.45, 7) is 7.75. The van der Waals surface area contributed by atoms with Crippen molar-refractivity contribution in [1.29, 1.82) is 0 Å². The number of ether oxygens (including phenoxy) is 1. The second kappa shape index (κ2) is 13.9. The number of unbranched alkanes of at least 4 members (excludes halogenated alkanes) is 3. The Kier molecular flexibility index (Phi) is 12.7. The summed E-state index contributed by atoms with van der Waals surface area (Å²) >= 11 is -2.21. The van der Waals surface area contributed by atoms with E-state index in [0.29, 0.717) is 0 Å². The molecule has 0 fully saturated rings. The molecule has 0 saturated carbocycles. The molecule has 0 unspecified atom stereocenters. The molecular formula is C22H41NOSn. The molecule has 0 aliphatic rings. The van der Waals surface area contributed by atoms with Crippen molar-refractivity contribution in [3.63, 3.8) is 0 Å². The molecule has 1 aromatic carbocycles. The normalized spacial score (nSPS) is 11.7. The fourth-order valence-electron chi connectivity index (χ4n) is 3.62. The third-order valence-corrected chi connectivity index (χ3v) is 19.6. The molecule has 2 N–H and O–H groups in total. The first-order valence-corrected chi connectivity index (χ1v) is 18.7. The zero-order chi connectivity index (χ0) is 18.4. The van der Waals surface area contributed by atoms with Gasteiger partial charge in [-0.2, -0.15) is 0 Å². The van der Waals surface area contributed by atoms with Gasteiger partial charge in [0, 0.05) is 0 Å². The Bertz CT molecular complexity index is 428. The van der Waals surface area contributed by atoms with Crippen molar-refractivity contribution >= 4 is 18.4 Å². The Balaban J connectivity index is 2.84. The van der Waals surface area contributed by atoms with Crippen LogP contribution in [0, 0.1) is 0 Å². The van der Waals surface area contributed by atoms with Crippen molar-refractivity contribution in [3.8, 4) is 5.75 Å². The van der Waals surface area contributed by atoms with Crippen molar-refractivity contribution in [2.75, 3.05) is 11.2 Å². The van der Waals surface area contributed by atoms with Crippen LogP contribution in [0.25, 0.3) is 0 Å². The van der Waals surface area contributed by atoms with Gasteiger partial charge in [-0.15, -0.1) is 0 Å². The molecule has 0 aliphatic heterocycles. The van der Waals surface area contributed by atoms with Gasteiger partial charge in [-0.3, -0.25) is 0 Å². The molecule has 0 amide bonds. The summed E-state index contributed by atoms with van der Waals surface area (Å²) in [4.78, 5) is 0. The van der Waals surface area contributed by atoms with Gasteiger partial charge in [-0.05, 0) is 0 Å². The molecule has 1 aromatic rings. The van der Waals surface area contributed by atoms with E-state index in [1.165, 1.54) is 57.4 Å². The van der Waals surface area contributed by atoms with Gasteiger partial charge >= 0.3 is 161 Å². The number of nitrogens with two attached hydrogens (primary N) is 1. The fourth-order valence-corrected chi connectivity index (χ4v) is 17.8. The van der Waals surface area contributed by atoms with Crippen molar-refractivity contribution < 1.29 is 4.74 Å². The molecular weight excluding hydrogens is 413 g/mol. The number of hydrogen-bond acceptors (Lipinski definition) is 2. The Hall–Kier alpha value is -0.221. The summed E-state index contributed by atoms with van der Waals surface area (Å²) in [5.74, 6) is 1.13. The van der Waals surface area contributed by atoms with Crippen LogP contribution in [0.1, 0.15) is 71.3 Å². The van der Waals surface area contributed by atoms with Crippen molar-refractivity contribution in [3.05, 3.63) is 29.8 Å². The van der Waals surface area contributed by atoms with E-state index < -0.39 is 18.4 Å². The predicted molar refractivity (Wildman–Crippen MR) is 114 cm³/mol. The third-order valence-electron chi connectivity index (χ3n) is 5.34. The van der Waals surface area contributed by atoms with E-state index in [1.54, 1.807) is 0 Å². The van der Waals surface area contributed by atoms with E-state index in [9.17, 15) is 0 Å². The summed E-state index contributed by atoms with van der Waals surface area (Å²) in [5.41, 5.74) is 7.05. The van der Waals surface area contributed by atoms with E-state index in [1.807, 2.05) is 0 Å². The average molecular weight is 454 g/mol. The van der Waals surface area contributed by atoms with E-state index in [0.717, 1.165) is 29.8 Å². The first kappa shape index (κ1) is 22.8. The van der Waals surface area contributed by atoms with Crippen LogP contribution in [0.4, 0.5) is 0 Å². The monoisotopic (exact) mass is 455 g/mol. The second-order valence-corrected chi connectivity index (χ2v) is 21.3. The van der Waals surface area contributed by atoms with Crippen molar-refractivity contribution in [2.45, 2.75) is 85.4 Å². The molecule has 0 radical (unpaired) electrons. The first-order chi connectivity index (χ1) is 12.2. The summed E-state index contributed by atoms with van der Waals surface area (Å²) in [6.07, 6.45) is 10.3. The molecule has 1 rings (SSSR count). The van der Waals surface area contributed by atoms with Gasteiger partial charge in [-0.25, -0.2) is 0 Å². The van der Waals surface area contributed by atoms with E-state index in [-0.39, 0.29) is 0 Å². The van der Waals surface area contributed by atoms with Crippen LogP contribution in [0.2, 0.25) is 13.3 Å². The SMILES string of the molecule is CCC[CH2][Sn]([CH2]CCC)([CH2]CCC)[CH2]Oc1ccccc1CCCN. The molecule has 0 bridgehead atoms. The predicted octanol–water partition coefficient (Wildman–Crippen LogP) is 6.35.